The first-order valence-corrected chi connectivity index (χ1v) is 6.72. The Bertz CT molecular complexity index is 553. The second kappa shape index (κ2) is 6.22. The Balaban J connectivity index is 2.21. The van der Waals surface area contributed by atoms with Gasteiger partial charge >= 0.3 is 0 Å². The summed E-state index contributed by atoms with van der Waals surface area (Å²) in [5, 5.41) is 3.36. The molecule has 102 valence electrons. The quantitative estimate of drug-likeness (QED) is 0.891. The van der Waals surface area contributed by atoms with Gasteiger partial charge in [-0.2, -0.15) is 0 Å². The molecule has 0 aliphatic carbocycles. The van der Waals surface area contributed by atoms with Crippen molar-refractivity contribution in [2.75, 3.05) is 7.05 Å². The van der Waals surface area contributed by atoms with Crippen LogP contribution >= 0.6 is 11.6 Å². The highest BCUT2D eigenvalue weighted by Crippen LogP contribution is 2.26. The molecule has 0 saturated carbocycles. The third-order valence-corrected chi connectivity index (χ3v) is 3.60. The number of aryl methyl sites for hydroxylation is 1. The van der Waals surface area contributed by atoms with Gasteiger partial charge in [0, 0.05) is 6.42 Å². The van der Waals surface area contributed by atoms with Crippen molar-refractivity contribution in [1.29, 1.82) is 0 Å². The molecule has 0 radical (unpaired) electrons. The van der Waals surface area contributed by atoms with Crippen LogP contribution in [0.1, 0.15) is 30.0 Å². The Morgan fingerprint density at radius 1 is 1.32 bits per heavy atom. The van der Waals surface area contributed by atoms with E-state index in [0.29, 0.717) is 6.42 Å². The summed E-state index contributed by atoms with van der Waals surface area (Å²) in [6.45, 7) is 2.04. The first-order valence-electron chi connectivity index (χ1n) is 6.34. The van der Waals surface area contributed by atoms with Gasteiger partial charge in [0.05, 0.1) is 11.1 Å². The van der Waals surface area contributed by atoms with Crippen LogP contribution in [0.2, 0.25) is 5.02 Å². The van der Waals surface area contributed by atoms with E-state index < -0.39 is 0 Å². The lowest BCUT2D eigenvalue weighted by molar-refractivity contribution is 0.406. The summed E-state index contributed by atoms with van der Waals surface area (Å²) < 4.78 is 19.1. The number of benzene rings is 1. The van der Waals surface area contributed by atoms with Gasteiger partial charge in [-0.3, -0.25) is 0 Å². The molecule has 0 aliphatic rings. The Morgan fingerprint density at radius 2 is 2.11 bits per heavy atom. The van der Waals surface area contributed by atoms with Crippen molar-refractivity contribution >= 4 is 11.6 Å². The maximum atomic E-state index is 13.4. The number of rotatable bonds is 5. The lowest BCUT2D eigenvalue weighted by Crippen LogP contribution is -2.18. The van der Waals surface area contributed by atoms with Crippen LogP contribution in [0.4, 0.5) is 4.39 Å². The van der Waals surface area contributed by atoms with Gasteiger partial charge in [0.15, 0.2) is 0 Å². The van der Waals surface area contributed by atoms with E-state index in [-0.39, 0.29) is 16.9 Å². The number of nitrogens with one attached hydrogen (secondary N) is 1. The maximum Gasteiger partial charge on any atom is 0.142 e. The summed E-state index contributed by atoms with van der Waals surface area (Å²) in [7, 11) is 1.85. The van der Waals surface area contributed by atoms with Gasteiger partial charge in [-0.1, -0.05) is 30.7 Å². The summed E-state index contributed by atoms with van der Waals surface area (Å²) in [5.41, 5.74) is 0.774. The van der Waals surface area contributed by atoms with Gasteiger partial charge in [0.1, 0.15) is 17.3 Å². The second-order valence-corrected chi connectivity index (χ2v) is 4.79. The molecule has 1 heterocycles. The van der Waals surface area contributed by atoms with Gasteiger partial charge in [-0.05, 0) is 37.2 Å². The van der Waals surface area contributed by atoms with Crippen LogP contribution in [0, 0.1) is 5.82 Å². The van der Waals surface area contributed by atoms with E-state index in [2.05, 4.69) is 5.32 Å². The predicted molar refractivity (Wildman–Crippen MR) is 75.0 cm³/mol. The van der Waals surface area contributed by atoms with Gasteiger partial charge < -0.3 is 9.73 Å². The molecule has 0 saturated heterocycles. The monoisotopic (exact) mass is 281 g/mol. The van der Waals surface area contributed by atoms with E-state index >= 15 is 0 Å². The third kappa shape index (κ3) is 3.17. The van der Waals surface area contributed by atoms with Crippen LogP contribution in [-0.4, -0.2) is 7.05 Å². The number of likely N-dealkylation sites (N-methyl/N-ethyl adjacent to an activating group) is 1. The molecule has 0 aliphatic heterocycles. The summed E-state index contributed by atoms with van der Waals surface area (Å²) >= 11 is 5.98. The van der Waals surface area contributed by atoms with E-state index in [1.165, 1.54) is 6.07 Å². The molecule has 19 heavy (non-hydrogen) atoms. The van der Waals surface area contributed by atoms with Crippen molar-refractivity contribution in [3.05, 3.63) is 58.3 Å². The molecule has 2 nitrogen and oxygen atoms in total. The lowest BCUT2D eigenvalue weighted by Gasteiger charge is -2.15. The first-order chi connectivity index (χ1) is 9.15. The van der Waals surface area contributed by atoms with Crippen LogP contribution in [0.3, 0.4) is 0 Å². The molecule has 0 fully saturated rings. The number of hydrogen-bond donors (Lipinski definition) is 1. The molecule has 0 amide bonds. The van der Waals surface area contributed by atoms with Gasteiger partial charge in [0.25, 0.3) is 0 Å². The average molecular weight is 282 g/mol. The largest absolute Gasteiger partial charge is 0.464 e. The minimum atomic E-state index is -0.386. The standard InChI is InChI=1S/C15H17ClFNO/c1-3-11-7-8-14(19-11)13(18-2)9-10-5-4-6-12(17)15(10)16/h4-8,13,18H,3,9H2,1-2H3. The van der Waals surface area contributed by atoms with Gasteiger partial charge in [-0.15, -0.1) is 0 Å². The molecule has 1 N–H and O–H groups in total. The second-order valence-electron chi connectivity index (χ2n) is 4.42. The van der Waals surface area contributed by atoms with E-state index in [1.54, 1.807) is 6.07 Å². The molecule has 4 heteroatoms. The van der Waals surface area contributed by atoms with Gasteiger partial charge in [0.2, 0.25) is 0 Å². The number of halogens is 2. The van der Waals surface area contributed by atoms with E-state index in [1.807, 2.05) is 32.2 Å². The van der Waals surface area contributed by atoms with Crippen molar-refractivity contribution in [2.24, 2.45) is 0 Å². The van der Waals surface area contributed by atoms with E-state index in [0.717, 1.165) is 23.5 Å². The fraction of sp³-hybridized carbons (Fsp3) is 0.333. The zero-order valence-corrected chi connectivity index (χ0v) is 11.8. The molecule has 1 unspecified atom stereocenters. The Kier molecular flexibility index (Phi) is 4.61. The minimum absolute atomic E-state index is 0.0143. The zero-order chi connectivity index (χ0) is 13.8. The van der Waals surface area contributed by atoms with Crippen LogP contribution in [0.15, 0.2) is 34.7 Å². The Morgan fingerprint density at radius 3 is 2.74 bits per heavy atom. The fourth-order valence-electron chi connectivity index (χ4n) is 2.04. The van der Waals surface area contributed by atoms with Crippen LogP contribution in [-0.2, 0) is 12.8 Å². The molecule has 0 bridgehead atoms. The zero-order valence-electron chi connectivity index (χ0n) is 11.0. The molecule has 0 spiro atoms. The van der Waals surface area contributed by atoms with Crippen LogP contribution in [0.5, 0.6) is 0 Å². The van der Waals surface area contributed by atoms with Crippen molar-refractivity contribution in [3.8, 4) is 0 Å². The summed E-state index contributed by atoms with van der Waals surface area (Å²) in [6.07, 6.45) is 1.45. The maximum absolute atomic E-state index is 13.4. The smallest absolute Gasteiger partial charge is 0.142 e. The van der Waals surface area contributed by atoms with E-state index in [9.17, 15) is 4.39 Å². The molecule has 2 aromatic rings. The number of hydrogen-bond acceptors (Lipinski definition) is 2. The number of furan rings is 1. The Labute approximate surface area is 117 Å². The molecular weight excluding hydrogens is 265 g/mol. The van der Waals surface area contributed by atoms with Crippen molar-refractivity contribution < 1.29 is 8.81 Å². The first kappa shape index (κ1) is 14.1. The molecule has 1 aromatic heterocycles. The van der Waals surface area contributed by atoms with Crippen LogP contribution in [0.25, 0.3) is 0 Å². The predicted octanol–water partition coefficient (Wildman–Crippen LogP) is 4.14. The third-order valence-electron chi connectivity index (χ3n) is 3.18. The fourth-order valence-corrected chi connectivity index (χ4v) is 2.25. The molecule has 1 aromatic carbocycles. The average Bonchev–Trinajstić information content (AvgIpc) is 2.89. The summed E-state index contributed by atoms with van der Waals surface area (Å²) in [5.74, 6) is 1.41. The summed E-state index contributed by atoms with van der Waals surface area (Å²) in [6, 6.07) is 8.77. The SMILES string of the molecule is CCc1ccc(C(Cc2cccc(F)c2Cl)NC)o1. The highest BCUT2D eigenvalue weighted by molar-refractivity contribution is 6.31. The topological polar surface area (TPSA) is 25.2 Å². The minimum Gasteiger partial charge on any atom is -0.464 e. The molecular formula is C15H17ClFNO. The molecule has 1 atom stereocenters. The highest BCUT2D eigenvalue weighted by Gasteiger charge is 2.16. The van der Waals surface area contributed by atoms with Crippen molar-refractivity contribution in [3.63, 3.8) is 0 Å². The van der Waals surface area contributed by atoms with Crippen molar-refractivity contribution in [2.45, 2.75) is 25.8 Å². The molecule has 2 rings (SSSR count). The normalized spacial score (nSPS) is 12.6. The highest BCUT2D eigenvalue weighted by atomic mass is 35.5. The van der Waals surface area contributed by atoms with Crippen LogP contribution < -0.4 is 5.32 Å². The Hall–Kier alpha value is -1.32. The summed E-state index contributed by atoms with van der Waals surface area (Å²) in [4.78, 5) is 0. The lowest BCUT2D eigenvalue weighted by atomic mass is 10.0. The van der Waals surface area contributed by atoms with E-state index in [4.69, 9.17) is 16.0 Å². The van der Waals surface area contributed by atoms with Crippen molar-refractivity contribution in [1.82, 2.24) is 5.32 Å². The van der Waals surface area contributed by atoms with Gasteiger partial charge in [-0.25, -0.2) is 4.39 Å².